The minimum absolute atomic E-state index is 0.0727. The molecule has 1 atom stereocenters. The van der Waals surface area contributed by atoms with Gasteiger partial charge in [0.1, 0.15) is 12.4 Å². The van der Waals surface area contributed by atoms with E-state index in [0.717, 1.165) is 23.3 Å². The summed E-state index contributed by atoms with van der Waals surface area (Å²) in [7, 11) is 1.40. The molecule has 0 radical (unpaired) electrons. The Morgan fingerprint density at radius 2 is 1.96 bits per heavy atom. The Balaban J connectivity index is 1.58. The lowest BCUT2D eigenvalue weighted by Crippen LogP contribution is -2.38. The van der Waals surface area contributed by atoms with Crippen LogP contribution in [0.2, 0.25) is 0 Å². The van der Waals surface area contributed by atoms with Gasteiger partial charge >= 0.3 is 6.18 Å². The van der Waals surface area contributed by atoms with E-state index >= 15 is 0 Å². The van der Waals surface area contributed by atoms with Gasteiger partial charge in [-0.3, -0.25) is 0 Å². The van der Waals surface area contributed by atoms with E-state index < -0.39 is 12.8 Å². The van der Waals surface area contributed by atoms with E-state index in [1.54, 1.807) is 12.1 Å². The number of nitrogens with one attached hydrogen (secondary N) is 1. The predicted molar refractivity (Wildman–Crippen MR) is 90.8 cm³/mol. The first-order chi connectivity index (χ1) is 12.4. The second kappa shape index (κ2) is 7.86. The smallest absolute Gasteiger partial charge is 0.422 e. The number of methoxy groups -OCH3 is 1. The summed E-state index contributed by atoms with van der Waals surface area (Å²) in [5, 5.41) is 3.40. The highest BCUT2D eigenvalue weighted by molar-refractivity contribution is 5.43. The Bertz CT molecular complexity index is 749. The molecule has 7 heteroatoms. The van der Waals surface area contributed by atoms with E-state index in [9.17, 15) is 13.2 Å². The molecule has 1 aliphatic heterocycles. The van der Waals surface area contributed by atoms with Gasteiger partial charge in [-0.15, -0.1) is 0 Å². The van der Waals surface area contributed by atoms with Crippen molar-refractivity contribution in [1.29, 1.82) is 0 Å². The number of hydrogen-bond donors (Lipinski definition) is 1. The summed E-state index contributed by atoms with van der Waals surface area (Å²) in [5.74, 6) is 1.26. The molecule has 1 heterocycles. The van der Waals surface area contributed by atoms with Crippen LogP contribution in [0.1, 0.15) is 11.1 Å². The van der Waals surface area contributed by atoms with Gasteiger partial charge in [0, 0.05) is 12.6 Å². The molecule has 0 aliphatic carbocycles. The molecule has 2 aromatic carbocycles. The third-order valence-corrected chi connectivity index (χ3v) is 4.09. The molecule has 0 aromatic heterocycles. The molecule has 0 amide bonds. The summed E-state index contributed by atoms with van der Waals surface area (Å²) in [4.78, 5) is 0. The number of halogens is 3. The number of hydrogen-bond acceptors (Lipinski definition) is 4. The van der Waals surface area contributed by atoms with Crippen LogP contribution in [0.25, 0.3) is 0 Å². The molecular formula is C19H20F3NO3. The number of rotatable bonds is 6. The number of para-hydroxylation sites is 1. The lowest BCUT2D eigenvalue weighted by molar-refractivity contribution is -0.153. The Kier molecular flexibility index (Phi) is 5.56. The van der Waals surface area contributed by atoms with Crippen LogP contribution in [-0.2, 0) is 13.0 Å². The minimum Gasteiger partial charge on any atom is -0.493 e. The monoisotopic (exact) mass is 367 g/mol. The Hall–Kier alpha value is -2.41. The fraction of sp³-hybridized carbons (Fsp3) is 0.368. The normalized spacial score (nSPS) is 16.5. The van der Waals surface area contributed by atoms with E-state index in [0.29, 0.717) is 13.2 Å². The van der Waals surface area contributed by atoms with Gasteiger partial charge in [-0.25, -0.2) is 0 Å². The standard InChI is InChI=1S/C19H20F3NO3/c1-24-18-8-13(6-7-17(18)26-12-19(20,21)22)10-23-15-9-14-4-2-3-5-16(14)25-11-15/h2-8,15,23H,9-12H2,1H3. The first-order valence-corrected chi connectivity index (χ1v) is 8.25. The van der Waals surface area contributed by atoms with Gasteiger partial charge in [-0.1, -0.05) is 24.3 Å². The molecule has 2 aromatic rings. The summed E-state index contributed by atoms with van der Waals surface area (Å²) >= 11 is 0. The molecule has 3 rings (SSSR count). The third kappa shape index (κ3) is 4.82. The van der Waals surface area contributed by atoms with Crippen molar-refractivity contribution in [3.63, 3.8) is 0 Å². The van der Waals surface area contributed by atoms with Crippen LogP contribution in [0, 0.1) is 0 Å². The lowest BCUT2D eigenvalue weighted by atomic mass is 10.0. The number of fused-ring (bicyclic) bond motifs is 1. The number of alkyl halides is 3. The average Bonchev–Trinajstić information content (AvgIpc) is 2.64. The molecular weight excluding hydrogens is 347 g/mol. The van der Waals surface area contributed by atoms with E-state index in [1.165, 1.54) is 13.2 Å². The van der Waals surface area contributed by atoms with Crippen molar-refractivity contribution in [2.24, 2.45) is 0 Å². The molecule has 140 valence electrons. The second-order valence-corrected chi connectivity index (χ2v) is 6.09. The predicted octanol–water partition coefficient (Wildman–Crippen LogP) is 3.73. The van der Waals surface area contributed by atoms with Crippen LogP contribution in [-0.4, -0.2) is 32.5 Å². The number of benzene rings is 2. The zero-order chi connectivity index (χ0) is 18.6. The molecule has 1 unspecified atom stereocenters. The molecule has 0 saturated heterocycles. The van der Waals surface area contributed by atoms with E-state index in [4.69, 9.17) is 14.2 Å². The Morgan fingerprint density at radius 1 is 1.15 bits per heavy atom. The first kappa shape index (κ1) is 18.4. The van der Waals surface area contributed by atoms with Gasteiger partial charge in [0.05, 0.1) is 7.11 Å². The highest BCUT2D eigenvalue weighted by Crippen LogP contribution is 2.30. The van der Waals surface area contributed by atoms with Gasteiger partial charge in [-0.2, -0.15) is 13.2 Å². The van der Waals surface area contributed by atoms with Crippen molar-refractivity contribution in [2.75, 3.05) is 20.3 Å². The van der Waals surface area contributed by atoms with Crippen LogP contribution in [0.15, 0.2) is 42.5 Å². The zero-order valence-electron chi connectivity index (χ0n) is 14.3. The largest absolute Gasteiger partial charge is 0.493 e. The first-order valence-electron chi connectivity index (χ1n) is 8.25. The minimum atomic E-state index is -4.39. The van der Waals surface area contributed by atoms with Gasteiger partial charge in [0.15, 0.2) is 18.1 Å². The molecule has 0 saturated carbocycles. The van der Waals surface area contributed by atoms with E-state index in [2.05, 4.69) is 5.32 Å². The number of ether oxygens (including phenoxy) is 3. The summed E-state index contributed by atoms with van der Waals surface area (Å²) < 4.78 is 52.6. The SMILES string of the molecule is COc1cc(CNC2COc3ccccc3C2)ccc1OCC(F)(F)F. The second-order valence-electron chi connectivity index (χ2n) is 6.09. The summed E-state index contributed by atoms with van der Waals surface area (Å²) in [6.07, 6.45) is -3.53. The maximum Gasteiger partial charge on any atom is 0.422 e. The lowest BCUT2D eigenvalue weighted by Gasteiger charge is -2.26. The van der Waals surface area contributed by atoms with Gasteiger partial charge in [0.2, 0.25) is 0 Å². The molecule has 0 fully saturated rings. The van der Waals surface area contributed by atoms with Gasteiger partial charge < -0.3 is 19.5 Å². The molecule has 1 N–H and O–H groups in total. The molecule has 0 spiro atoms. The maximum absolute atomic E-state index is 12.3. The van der Waals surface area contributed by atoms with Crippen molar-refractivity contribution < 1.29 is 27.4 Å². The van der Waals surface area contributed by atoms with Crippen molar-refractivity contribution in [3.05, 3.63) is 53.6 Å². The topological polar surface area (TPSA) is 39.7 Å². The molecule has 1 aliphatic rings. The Morgan fingerprint density at radius 3 is 2.73 bits per heavy atom. The zero-order valence-corrected chi connectivity index (χ0v) is 14.3. The van der Waals surface area contributed by atoms with E-state index in [1.807, 2.05) is 24.3 Å². The molecule has 0 bridgehead atoms. The van der Waals surface area contributed by atoms with Crippen LogP contribution in [0.5, 0.6) is 17.2 Å². The summed E-state index contributed by atoms with van der Waals surface area (Å²) in [5.41, 5.74) is 2.05. The molecule has 26 heavy (non-hydrogen) atoms. The van der Waals surface area contributed by atoms with Crippen molar-refractivity contribution >= 4 is 0 Å². The third-order valence-electron chi connectivity index (χ3n) is 4.09. The van der Waals surface area contributed by atoms with Crippen LogP contribution < -0.4 is 19.5 Å². The van der Waals surface area contributed by atoms with Crippen LogP contribution >= 0.6 is 0 Å². The Labute approximate surface area is 149 Å². The average molecular weight is 367 g/mol. The summed E-state index contributed by atoms with van der Waals surface area (Å²) in [6.45, 7) is -0.229. The maximum atomic E-state index is 12.3. The van der Waals surface area contributed by atoms with Crippen molar-refractivity contribution in [1.82, 2.24) is 5.32 Å². The highest BCUT2D eigenvalue weighted by Gasteiger charge is 2.29. The van der Waals surface area contributed by atoms with Crippen LogP contribution in [0.4, 0.5) is 13.2 Å². The van der Waals surface area contributed by atoms with Gasteiger partial charge in [-0.05, 0) is 35.7 Å². The van der Waals surface area contributed by atoms with Crippen molar-refractivity contribution in [2.45, 2.75) is 25.2 Å². The fourth-order valence-electron chi connectivity index (χ4n) is 2.82. The summed E-state index contributed by atoms with van der Waals surface area (Å²) in [6, 6.07) is 13.0. The van der Waals surface area contributed by atoms with Crippen molar-refractivity contribution in [3.8, 4) is 17.2 Å². The van der Waals surface area contributed by atoms with E-state index in [-0.39, 0.29) is 17.5 Å². The van der Waals surface area contributed by atoms with Crippen LogP contribution in [0.3, 0.4) is 0 Å². The fourth-order valence-corrected chi connectivity index (χ4v) is 2.82. The van der Waals surface area contributed by atoms with Gasteiger partial charge in [0.25, 0.3) is 0 Å². The highest BCUT2D eigenvalue weighted by atomic mass is 19.4. The quantitative estimate of drug-likeness (QED) is 0.845. The molecule has 4 nitrogen and oxygen atoms in total.